The molecule has 2 amide bonds. The number of halogens is 1. The lowest BCUT2D eigenvalue weighted by molar-refractivity contribution is -0.137. The van der Waals surface area contributed by atoms with Gasteiger partial charge in [0.2, 0.25) is 5.91 Å². The van der Waals surface area contributed by atoms with E-state index in [9.17, 15) is 14.0 Å². The van der Waals surface area contributed by atoms with Gasteiger partial charge in [0, 0.05) is 25.7 Å². The highest BCUT2D eigenvalue weighted by molar-refractivity contribution is 5.96. The molecule has 8 heteroatoms. The zero-order valence-corrected chi connectivity index (χ0v) is 13.5. The molecule has 126 valence electrons. The van der Waals surface area contributed by atoms with E-state index in [2.05, 4.69) is 10.3 Å². The summed E-state index contributed by atoms with van der Waals surface area (Å²) in [4.78, 5) is 27.7. The van der Waals surface area contributed by atoms with Crippen LogP contribution in [0.2, 0.25) is 0 Å². The summed E-state index contributed by atoms with van der Waals surface area (Å²) in [5.74, 6) is -0.781. The predicted molar refractivity (Wildman–Crippen MR) is 83.7 cm³/mol. The molecule has 1 fully saturated rings. The molecule has 2 aromatic rings. The Morgan fingerprint density at radius 2 is 2.08 bits per heavy atom. The van der Waals surface area contributed by atoms with Crippen molar-refractivity contribution < 1.29 is 14.0 Å². The Morgan fingerprint density at radius 1 is 1.33 bits per heavy atom. The second kappa shape index (κ2) is 6.38. The number of carbonyl (C=O) groups is 2. The summed E-state index contributed by atoms with van der Waals surface area (Å²) in [6, 6.07) is 5.84. The smallest absolute Gasteiger partial charge is 0.276 e. The summed E-state index contributed by atoms with van der Waals surface area (Å²) in [7, 11) is 1.71. The molecule has 0 N–H and O–H groups in total. The van der Waals surface area contributed by atoms with Crippen molar-refractivity contribution in [3.8, 4) is 0 Å². The van der Waals surface area contributed by atoms with Gasteiger partial charge in [-0.1, -0.05) is 23.4 Å². The van der Waals surface area contributed by atoms with Gasteiger partial charge in [0.15, 0.2) is 5.69 Å². The zero-order valence-electron chi connectivity index (χ0n) is 13.5. The van der Waals surface area contributed by atoms with Gasteiger partial charge in [0.25, 0.3) is 5.91 Å². The Bertz CT molecular complexity index is 775. The first-order valence-electron chi connectivity index (χ1n) is 7.67. The number of carbonyl (C=O) groups excluding carboxylic acids is 2. The lowest BCUT2D eigenvalue weighted by atomic mass is 10.1. The van der Waals surface area contributed by atoms with Gasteiger partial charge < -0.3 is 9.80 Å². The summed E-state index contributed by atoms with van der Waals surface area (Å²) in [6.07, 6.45) is 1.48. The Labute approximate surface area is 138 Å². The summed E-state index contributed by atoms with van der Waals surface area (Å²) in [5.41, 5.74) is 0.611. The van der Waals surface area contributed by atoms with Crippen molar-refractivity contribution in [2.45, 2.75) is 19.5 Å². The van der Waals surface area contributed by atoms with Crippen LogP contribution in [-0.4, -0.2) is 62.8 Å². The fourth-order valence-electron chi connectivity index (χ4n) is 2.71. The quantitative estimate of drug-likeness (QED) is 0.833. The van der Waals surface area contributed by atoms with Gasteiger partial charge in [0.05, 0.1) is 12.7 Å². The molecule has 1 aliphatic heterocycles. The van der Waals surface area contributed by atoms with Crippen molar-refractivity contribution in [1.29, 1.82) is 0 Å². The van der Waals surface area contributed by atoms with Gasteiger partial charge in [-0.05, 0) is 13.0 Å². The Kier molecular flexibility index (Phi) is 4.28. The topological polar surface area (TPSA) is 71.3 Å². The Balaban J connectivity index is 1.74. The Morgan fingerprint density at radius 3 is 2.83 bits per heavy atom. The standard InChI is InChI=1S/C16H18FN5O2/c1-11-15(23)20(2)7-8-22(11)16(24)14-10-21(19-18-14)9-12-5-3-4-6-13(12)17/h3-6,10-11H,7-9H2,1-2H3/t11-/m0/s1. The van der Waals surface area contributed by atoms with Gasteiger partial charge >= 0.3 is 0 Å². The van der Waals surface area contributed by atoms with E-state index in [4.69, 9.17) is 0 Å². The third-order valence-electron chi connectivity index (χ3n) is 4.19. The highest BCUT2D eigenvalue weighted by Gasteiger charge is 2.34. The van der Waals surface area contributed by atoms with E-state index >= 15 is 0 Å². The average Bonchev–Trinajstić information content (AvgIpc) is 3.03. The normalized spacial score (nSPS) is 18.1. The number of likely N-dealkylation sites (N-methyl/N-ethyl adjacent to an activating group) is 1. The molecule has 0 unspecified atom stereocenters. The first-order chi connectivity index (χ1) is 11.5. The fraction of sp³-hybridized carbons (Fsp3) is 0.375. The van der Waals surface area contributed by atoms with E-state index in [-0.39, 0.29) is 29.9 Å². The molecule has 2 heterocycles. The van der Waals surface area contributed by atoms with Crippen molar-refractivity contribution in [2.24, 2.45) is 0 Å². The largest absolute Gasteiger partial charge is 0.342 e. The fourth-order valence-corrected chi connectivity index (χ4v) is 2.71. The number of aromatic nitrogens is 3. The minimum absolute atomic E-state index is 0.103. The van der Waals surface area contributed by atoms with E-state index in [0.717, 1.165) is 0 Å². The minimum atomic E-state index is -0.534. The molecule has 3 rings (SSSR count). The molecule has 1 aromatic carbocycles. The second-order valence-corrected chi connectivity index (χ2v) is 5.83. The van der Waals surface area contributed by atoms with E-state index in [1.54, 1.807) is 37.1 Å². The van der Waals surface area contributed by atoms with Crippen molar-refractivity contribution in [3.05, 3.63) is 47.5 Å². The third kappa shape index (κ3) is 2.99. The summed E-state index contributed by atoms with van der Waals surface area (Å²) < 4.78 is 15.1. The first-order valence-corrected chi connectivity index (χ1v) is 7.67. The zero-order chi connectivity index (χ0) is 17.3. The first kappa shape index (κ1) is 16.1. The molecule has 1 aliphatic rings. The van der Waals surface area contributed by atoms with Crippen LogP contribution in [0.3, 0.4) is 0 Å². The van der Waals surface area contributed by atoms with Crippen LogP contribution in [0.1, 0.15) is 23.0 Å². The maximum Gasteiger partial charge on any atom is 0.276 e. The lowest BCUT2D eigenvalue weighted by Gasteiger charge is -2.36. The summed E-state index contributed by atoms with van der Waals surface area (Å²) in [5, 5.41) is 7.75. The molecule has 0 spiro atoms. The maximum atomic E-state index is 13.7. The summed E-state index contributed by atoms with van der Waals surface area (Å²) in [6.45, 7) is 2.81. The van der Waals surface area contributed by atoms with Gasteiger partial charge in [-0.25, -0.2) is 9.07 Å². The van der Waals surface area contributed by atoms with Gasteiger partial charge in [0.1, 0.15) is 11.9 Å². The molecule has 24 heavy (non-hydrogen) atoms. The number of hydrogen-bond donors (Lipinski definition) is 0. The summed E-state index contributed by atoms with van der Waals surface area (Å²) >= 11 is 0. The third-order valence-corrected chi connectivity index (χ3v) is 4.19. The molecular formula is C16H18FN5O2. The number of benzene rings is 1. The molecular weight excluding hydrogens is 313 g/mol. The van der Waals surface area contributed by atoms with E-state index in [1.165, 1.54) is 21.8 Å². The molecule has 1 saturated heterocycles. The number of nitrogens with zero attached hydrogens (tertiary/aromatic N) is 5. The van der Waals surface area contributed by atoms with Gasteiger partial charge in [-0.2, -0.15) is 0 Å². The van der Waals surface area contributed by atoms with Crippen LogP contribution in [0.4, 0.5) is 4.39 Å². The monoisotopic (exact) mass is 331 g/mol. The van der Waals surface area contributed by atoms with Crippen molar-refractivity contribution >= 4 is 11.8 Å². The SMILES string of the molecule is C[C@H]1C(=O)N(C)CCN1C(=O)c1cn(Cc2ccccc2F)nn1. The van der Waals surface area contributed by atoms with E-state index < -0.39 is 6.04 Å². The molecule has 0 aliphatic carbocycles. The predicted octanol–water partition coefficient (Wildman–Crippen LogP) is 0.768. The Hall–Kier alpha value is -2.77. The average molecular weight is 331 g/mol. The van der Waals surface area contributed by atoms with E-state index in [1.807, 2.05) is 0 Å². The van der Waals surface area contributed by atoms with Gasteiger partial charge in [-0.15, -0.1) is 5.10 Å². The van der Waals surface area contributed by atoms with Crippen LogP contribution < -0.4 is 0 Å². The molecule has 0 radical (unpaired) electrons. The minimum Gasteiger partial charge on any atom is -0.342 e. The van der Waals surface area contributed by atoms with Crippen LogP contribution in [0, 0.1) is 5.82 Å². The number of amides is 2. The highest BCUT2D eigenvalue weighted by Crippen LogP contribution is 2.14. The molecule has 1 atom stereocenters. The van der Waals surface area contributed by atoms with Crippen molar-refractivity contribution in [3.63, 3.8) is 0 Å². The second-order valence-electron chi connectivity index (χ2n) is 5.83. The van der Waals surface area contributed by atoms with Crippen LogP contribution in [0.15, 0.2) is 30.5 Å². The van der Waals surface area contributed by atoms with Crippen LogP contribution >= 0.6 is 0 Å². The lowest BCUT2D eigenvalue weighted by Crippen LogP contribution is -2.56. The molecule has 7 nitrogen and oxygen atoms in total. The highest BCUT2D eigenvalue weighted by atomic mass is 19.1. The van der Waals surface area contributed by atoms with Crippen molar-refractivity contribution in [2.75, 3.05) is 20.1 Å². The van der Waals surface area contributed by atoms with Crippen LogP contribution in [0.25, 0.3) is 0 Å². The maximum absolute atomic E-state index is 13.7. The van der Waals surface area contributed by atoms with Crippen molar-refractivity contribution in [1.82, 2.24) is 24.8 Å². The molecule has 1 aromatic heterocycles. The van der Waals surface area contributed by atoms with Crippen LogP contribution in [-0.2, 0) is 11.3 Å². The van der Waals surface area contributed by atoms with Gasteiger partial charge in [-0.3, -0.25) is 9.59 Å². The van der Waals surface area contributed by atoms with E-state index in [0.29, 0.717) is 18.7 Å². The molecule has 0 bridgehead atoms. The molecule has 0 saturated carbocycles. The number of hydrogen-bond acceptors (Lipinski definition) is 4. The number of piperazine rings is 1. The number of rotatable bonds is 3. The van der Waals surface area contributed by atoms with Crippen LogP contribution in [0.5, 0.6) is 0 Å².